The summed E-state index contributed by atoms with van der Waals surface area (Å²) in [5.74, 6) is 0.0776. The van der Waals surface area contributed by atoms with Gasteiger partial charge in [-0.3, -0.25) is 4.79 Å². The Bertz CT molecular complexity index is 437. The predicted molar refractivity (Wildman–Crippen MR) is 74.1 cm³/mol. The van der Waals surface area contributed by atoms with Gasteiger partial charge in [0, 0.05) is 31.2 Å². The Kier molecular flexibility index (Phi) is 4.35. The molecule has 0 saturated carbocycles. The highest BCUT2D eigenvalue weighted by molar-refractivity contribution is 9.10. The van der Waals surface area contributed by atoms with Crippen LogP contribution in [0.25, 0.3) is 0 Å². The lowest BCUT2D eigenvalue weighted by Crippen LogP contribution is -2.38. The zero-order chi connectivity index (χ0) is 11.8. The van der Waals surface area contributed by atoms with E-state index in [0.29, 0.717) is 22.3 Å². The van der Waals surface area contributed by atoms with Gasteiger partial charge in [0.2, 0.25) is 0 Å². The number of likely N-dealkylation sites (tertiary alicyclic amines) is 1. The zero-order valence-electron chi connectivity index (χ0n) is 9.89. The van der Waals surface area contributed by atoms with Gasteiger partial charge in [0.1, 0.15) is 6.26 Å². The number of amides is 1. The molecular formula is C12H16BrClN2O2. The molecule has 4 nitrogen and oxygen atoms in total. The molecule has 18 heavy (non-hydrogen) atoms. The average Bonchev–Trinajstić information content (AvgIpc) is 2.84. The summed E-state index contributed by atoms with van der Waals surface area (Å²) >= 11 is 3.22. The van der Waals surface area contributed by atoms with Crippen LogP contribution < -0.4 is 5.32 Å². The summed E-state index contributed by atoms with van der Waals surface area (Å²) in [6, 6.07) is 2.81. The summed E-state index contributed by atoms with van der Waals surface area (Å²) in [6.45, 7) is 1.66. The maximum atomic E-state index is 12.3. The number of nitrogens with zero attached hydrogens (tertiary/aromatic N) is 1. The number of nitrogens with one attached hydrogen (secondary N) is 1. The Hall–Kier alpha value is -0.520. The SMILES string of the molecule is Cl.O=C(c1coc(Br)c1)N1CCC2CCC(C1)N2. The van der Waals surface area contributed by atoms with Crippen LogP contribution in [0.1, 0.15) is 29.6 Å². The first kappa shape index (κ1) is 13.9. The molecule has 100 valence electrons. The number of hydrogen-bond donors (Lipinski definition) is 1. The van der Waals surface area contributed by atoms with E-state index in [4.69, 9.17) is 4.42 Å². The van der Waals surface area contributed by atoms with Gasteiger partial charge in [0.25, 0.3) is 5.91 Å². The molecule has 2 atom stereocenters. The predicted octanol–water partition coefficient (Wildman–Crippen LogP) is 2.43. The highest BCUT2D eigenvalue weighted by atomic mass is 79.9. The smallest absolute Gasteiger partial charge is 0.257 e. The molecule has 2 aliphatic rings. The Morgan fingerprint density at radius 3 is 2.89 bits per heavy atom. The van der Waals surface area contributed by atoms with Crippen molar-refractivity contribution in [3.8, 4) is 0 Å². The van der Waals surface area contributed by atoms with Crippen molar-refractivity contribution in [2.24, 2.45) is 0 Å². The molecular weight excluding hydrogens is 320 g/mol. The highest BCUT2D eigenvalue weighted by Crippen LogP contribution is 2.22. The minimum Gasteiger partial charge on any atom is -0.457 e. The van der Waals surface area contributed by atoms with E-state index in [1.165, 1.54) is 19.1 Å². The fourth-order valence-electron chi connectivity index (χ4n) is 2.73. The second kappa shape index (κ2) is 5.63. The van der Waals surface area contributed by atoms with E-state index in [-0.39, 0.29) is 18.3 Å². The van der Waals surface area contributed by atoms with Gasteiger partial charge >= 0.3 is 0 Å². The molecule has 0 aromatic carbocycles. The van der Waals surface area contributed by atoms with Crippen LogP contribution in [-0.2, 0) is 0 Å². The highest BCUT2D eigenvalue weighted by Gasteiger charge is 2.31. The van der Waals surface area contributed by atoms with Gasteiger partial charge in [0.15, 0.2) is 4.67 Å². The standard InChI is InChI=1S/C12H15BrN2O2.ClH/c13-11-5-8(7-17-11)12(16)15-4-3-9-1-2-10(6-15)14-9;/h5,7,9-10,14H,1-4,6H2;1H. The fourth-order valence-corrected chi connectivity index (χ4v) is 3.07. The minimum absolute atomic E-state index is 0. The molecule has 3 rings (SSSR count). The molecule has 6 heteroatoms. The number of furan rings is 1. The van der Waals surface area contributed by atoms with E-state index >= 15 is 0 Å². The van der Waals surface area contributed by atoms with Crippen LogP contribution in [0.5, 0.6) is 0 Å². The summed E-state index contributed by atoms with van der Waals surface area (Å²) in [5.41, 5.74) is 0.634. The van der Waals surface area contributed by atoms with Crippen LogP contribution in [0.3, 0.4) is 0 Å². The third kappa shape index (κ3) is 2.73. The third-order valence-corrected chi connectivity index (χ3v) is 4.04. The summed E-state index contributed by atoms with van der Waals surface area (Å²) in [7, 11) is 0. The Morgan fingerprint density at radius 1 is 1.39 bits per heavy atom. The summed E-state index contributed by atoms with van der Waals surface area (Å²) < 4.78 is 5.73. The first-order chi connectivity index (χ1) is 8.22. The lowest BCUT2D eigenvalue weighted by atomic mass is 10.1. The van der Waals surface area contributed by atoms with Crippen molar-refractivity contribution in [1.82, 2.24) is 10.2 Å². The molecule has 0 aliphatic carbocycles. The van der Waals surface area contributed by atoms with Crippen LogP contribution in [0.2, 0.25) is 0 Å². The molecule has 2 saturated heterocycles. The van der Waals surface area contributed by atoms with Crippen molar-refractivity contribution < 1.29 is 9.21 Å². The van der Waals surface area contributed by atoms with Gasteiger partial charge < -0.3 is 14.6 Å². The molecule has 2 unspecified atom stereocenters. The maximum absolute atomic E-state index is 12.3. The van der Waals surface area contributed by atoms with E-state index in [1.54, 1.807) is 6.07 Å². The molecule has 1 amide bonds. The number of carbonyl (C=O) groups is 1. The molecule has 2 fully saturated rings. The second-order valence-corrected chi connectivity index (χ2v) is 5.60. The van der Waals surface area contributed by atoms with Gasteiger partial charge in [-0.15, -0.1) is 12.4 Å². The lowest BCUT2D eigenvalue weighted by Gasteiger charge is -2.23. The Balaban J connectivity index is 0.00000120. The molecule has 0 radical (unpaired) electrons. The van der Waals surface area contributed by atoms with Crippen molar-refractivity contribution in [3.05, 3.63) is 22.6 Å². The quantitative estimate of drug-likeness (QED) is 0.857. The van der Waals surface area contributed by atoms with E-state index in [1.807, 2.05) is 4.90 Å². The van der Waals surface area contributed by atoms with E-state index < -0.39 is 0 Å². The van der Waals surface area contributed by atoms with Gasteiger partial charge in [-0.1, -0.05) is 0 Å². The van der Waals surface area contributed by atoms with Crippen molar-refractivity contribution in [1.29, 1.82) is 0 Å². The van der Waals surface area contributed by atoms with Crippen molar-refractivity contribution in [2.45, 2.75) is 31.3 Å². The van der Waals surface area contributed by atoms with Crippen LogP contribution in [-0.4, -0.2) is 36.0 Å². The van der Waals surface area contributed by atoms with Gasteiger partial charge in [-0.2, -0.15) is 0 Å². The summed E-state index contributed by atoms with van der Waals surface area (Å²) in [6.07, 6.45) is 5.01. The van der Waals surface area contributed by atoms with Crippen LogP contribution in [0.15, 0.2) is 21.4 Å². The third-order valence-electron chi connectivity index (χ3n) is 3.62. The number of carbonyl (C=O) groups excluding carboxylic acids is 1. The Morgan fingerprint density at radius 2 is 2.17 bits per heavy atom. The molecule has 0 spiro atoms. The van der Waals surface area contributed by atoms with Gasteiger partial charge in [-0.25, -0.2) is 0 Å². The fraction of sp³-hybridized carbons (Fsp3) is 0.583. The number of hydrogen-bond acceptors (Lipinski definition) is 3. The largest absolute Gasteiger partial charge is 0.457 e. The minimum atomic E-state index is 0. The zero-order valence-corrected chi connectivity index (χ0v) is 12.3. The average molecular weight is 336 g/mol. The van der Waals surface area contributed by atoms with Gasteiger partial charge in [-0.05, 0) is 35.2 Å². The molecule has 2 bridgehead atoms. The first-order valence-electron chi connectivity index (χ1n) is 6.02. The van der Waals surface area contributed by atoms with Crippen LogP contribution in [0, 0.1) is 0 Å². The topological polar surface area (TPSA) is 45.5 Å². The van der Waals surface area contributed by atoms with E-state index in [9.17, 15) is 4.79 Å². The second-order valence-electron chi connectivity index (χ2n) is 4.82. The molecule has 3 heterocycles. The number of fused-ring (bicyclic) bond motifs is 2. The van der Waals surface area contributed by atoms with Crippen molar-refractivity contribution in [2.75, 3.05) is 13.1 Å². The van der Waals surface area contributed by atoms with Crippen molar-refractivity contribution in [3.63, 3.8) is 0 Å². The van der Waals surface area contributed by atoms with E-state index in [2.05, 4.69) is 21.2 Å². The van der Waals surface area contributed by atoms with Crippen molar-refractivity contribution >= 4 is 34.2 Å². The lowest BCUT2D eigenvalue weighted by molar-refractivity contribution is 0.0747. The molecule has 1 aromatic rings. The molecule has 1 aromatic heterocycles. The van der Waals surface area contributed by atoms with Crippen LogP contribution >= 0.6 is 28.3 Å². The monoisotopic (exact) mass is 334 g/mol. The van der Waals surface area contributed by atoms with Gasteiger partial charge in [0.05, 0.1) is 5.56 Å². The van der Waals surface area contributed by atoms with Crippen LogP contribution in [0.4, 0.5) is 0 Å². The number of rotatable bonds is 1. The molecule has 2 aliphatic heterocycles. The first-order valence-corrected chi connectivity index (χ1v) is 6.81. The summed E-state index contributed by atoms with van der Waals surface area (Å²) in [5, 5.41) is 3.57. The normalized spacial score (nSPS) is 26.6. The Labute approximate surface area is 121 Å². The summed E-state index contributed by atoms with van der Waals surface area (Å²) in [4.78, 5) is 14.2. The number of halogens is 2. The van der Waals surface area contributed by atoms with E-state index in [0.717, 1.165) is 19.5 Å². The maximum Gasteiger partial charge on any atom is 0.257 e. The molecule has 1 N–H and O–H groups in total.